The van der Waals surface area contributed by atoms with Gasteiger partial charge in [-0.1, -0.05) is 18.2 Å². The van der Waals surface area contributed by atoms with Crippen molar-refractivity contribution in [3.05, 3.63) is 46.5 Å². The first-order chi connectivity index (χ1) is 11.6. The summed E-state index contributed by atoms with van der Waals surface area (Å²) in [5, 5.41) is 17.2. The van der Waals surface area contributed by atoms with Gasteiger partial charge in [-0.05, 0) is 19.1 Å². The van der Waals surface area contributed by atoms with E-state index in [1.165, 1.54) is 11.3 Å². The van der Waals surface area contributed by atoms with Crippen molar-refractivity contribution in [3.63, 3.8) is 0 Å². The maximum absolute atomic E-state index is 12.4. The molecule has 2 heterocycles. The number of rotatable bonds is 6. The Bertz CT molecular complexity index is 835. The summed E-state index contributed by atoms with van der Waals surface area (Å²) in [5.41, 5.74) is 1.80. The maximum Gasteiger partial charge on any atom is 0.261 e. The molecular weight excluding hydrogens is 326 g/mol. The van der Waals surface area contributed by atoms with Crippen LogP contribution < -0.4 is 10.1 Å². The SMILES string of the molecule is Cc1nn(C)c2sc(C(=O)NCc3ccccc3OCCO)cc12. The van der Waals surface area contributed by atoms with Crippen molar-refractivity contribution in [1.82, 2.24) is 15.1 Å². The molecule has 3 rings (SSSR count). The largest absolute Gasteiger partial charge is 0.491 e. The number of benzene rings is 1. The molecule has 2 aromatic heterocycles. The fraction of sp³-hybridized carbons (Fsp3) is 0.294. The molecule has 126 valence electrons. The molecule has 0 aliphatic heterocycles. The molecule has 0 unspecified atom stereocenters. The highest BCUT2D eigenvalue weighted by Gasteiger charge is 2.15. The standard InChI is InChI=1S/C17H19N3O3S/c1-11-13-9-15(24-17(13)20(2)19-11)16(22)18-10-12-5-3-4-6-14(12)23-8-7-21/h3-6,9,21H,7-8,10H2,1-2H3,(H,18,22). The summed E-state index contributed by atoms with van der Waals surface area (Å²) in [6.07, 6.45) is 0. The molecule has 3 aromatic rings. The van der Waals surface area contributed by atoms with E-state index < -0.39 is 0 Å². The highest BCUT2D eigenvalue weighted by Crippen LogP contribution is 2.27. The number of aromatic nitrogens is 2. The smallest absolute Gasteiger partial charge is 0.261 e. The van der Waals surface area contributed by atoms with Gasteiger partial charge in [0.2, 0.25) is 0 Å². The number of carbonyl (C=O) groups excluding carboxylic acids is 1. The van der Waals surface area contributed by atoms with E-state index in [2.05, 4.69) is 10.4 Å². The number of aliphatic hydroxyl groups excluding tert-OH is 1. The molecule has 2 N–H and O–H groups in total. The van der Waals surface area contributed by atoms with Crippen molar-refractivity contribution >= 4 is 27.5 Å². The third kappa shape index (κ3) is 3.27. The molecule has 0 aliphatic rings. The summed E-state index contributed by atoms with van der Waals surface area (Å²) >= 11 is 1.43. The third-order valence-corrected chi connectivity index (χ3v) is 4.88. The van der Waals surface area contributed by atoms with Gasteiger partial charge >= 0.3 is 0 Å². The van der Waals surface area contributed by atoms with E-state index in [1.54, 1.807) is 4.68 Å². The fourth-order valence-electron chi connectivity index (χ4n) is 2.53. The summed E-state index contributed by atoms with van der Waals surface area (Å²) in [6, 6.07) is 9.35. The first-order valence-electron chi connectivity index (χ1n) is 7.63. The number of carbonyl (C=O) groups is 1. The minimum absolute atomic E-state index is 0.0458. The number of hydrogen-bond acceptors (Lipinski definition) is 5. The number of ether oxygens (including phenoxy) is 1. The minimum Gasteiger partial charge on any atom is -0.491 e. The van der Waals surface area contributed by atoms with Crippen LogP contribution in [0.1, 0.15) is 20.9 Å². The zero-order chi connectivity index (χ0) is 17.1. The van der Waals surface area contributed by atoms with E-state index in [0.29, 0.717) is 17.2 Å². The van der Waals surface area contributed by atoms with Crippen LogP contribution >= 0.6 is 11.3 Å². The second kappa shape index (κ2) is 7.02. The third-order valence-electron chi connectivity index (χ3n) is 3.68. The van der Waals surface area contributed by atoms with Crippen molar-refractivity contribution in [2.24, 2.45) is 7.05 Å². The summed E-state index contributed by atoms with van der Waals surface area (Å²) < 4.78 is 7.28. The molecule has 0 spiro atoms. The molecule has 1 aromatic carbocycles. The Hall–Kier alpha value is -2.38. The van der Waals surface area contributed by atoms with E-state index in [-0.39, 0.29) is 19.1 Å². The van der Waals surface area contributed by atoms with Gasteiger partial charge in [0.25, 0.3) is 5.91 Å². The van der Waals surface area contributed by atoms with Crippen LogP contribution in [0, 0.1) is 6.92 Å². The molecule has 0 radical (unpaired) electrons. The Kier molecular flexibility index (Phi) is 4.82. The lowest BCUT2D eigenvalue weighted by Crippen LogP contribution is -2.22. The lowest BCUT2D eigenvalue weighted by Gasteiger charge is -2.11. The number of hydrogen-bond donors (Lipinski definition) is 2. The summed E-state index contributed by atoms with van der Waals surface area (Å²) in [7, 11) is 1.88. The summed E-state index contributed by atoms with van der Waals surface area (Å²) in [6.45, 7) is 2.49. The second-order valence-corrected chi connectivity index (χ2v) is 6.43. The van der Waals surface area contributed by atoms with E-state index in [1.807, 2.05) is 44.3 Å². The van der Waals surface area contributed by atoms with Gasteiger partial charge in [-0.25, -0.2) is 0 Å². The van der Waals surface area contributed by atoms with Crippen molar-refractivity contribution < 1.29 is 14.6 Å². The lowest BCUT2D eigenvalue weighted by molar-refractivity contribution is 0.0954. The Balaban J connectivity index is 1.72. The minimum atomic E-state index is -0.118. The van der Waals surface area contributed by atoms with E-state index in [4.69, 9.17) is 9.84 Å². The molecule has 0 aliphatic carbocycles. The molecule has 6 nitrogen and oxygen atoms in total. The second-order valence-electron chi connectivity index (χ2n) is 5.40. The molecule has 0 bridgehead atoms. The Labute approximate surface area is 143 Å². The summed E-state index contributed by atoms with van der Waals surface area (Å²) in [5.74, 6) is 0.552. The van der Waals surface area contributed by atoms with Crippen LogP contribution in [0.3, 0.4) is 0 Å². The monoisotopic (exact) mass is 345 g/mol. The van der Waals surface area contributed by atoms with Crippen molar-refractivity contribution in [1.29, 1.82) is 0 Å². The fourth-order valence-corrected chi connectivity index (χ4v) is 3.57. The predicted molar refractivity (Wildman–Crippen MR) is 93.5 cm³/mol. The number of fused-ring (bicyclic) bond motifs is 1. The van der Waals surface area contributed by atoms with Crippen LogP contribution in [0.5, 0.6) is 5.75 Å². The van der Waals surface area contributed by atoms with Gasteiger partial charge in [0, 0.05) is 24.5 Å². The number of aryl methyl sites for hydroxylation is 2. The van der Waals surface area contributed by atoms with Crippen LogP contribution in [-0.4, -0.2) is 34.0 Å². The average Bonchev–Trinajstić information content (AvgIpc) is 3.13. The van der Waals surface area contributed by atoms with Gasteiger partial charge in [-0.2, -0.15) is 5.10 Å². The topological polar surface area (TPSA) is 76.4 Å². The van der Waals surface area contributed by atoms with Gasteiger partial charge in [-0.3, -0.25) is 9.48 Å². The van der Waals surface area contributed by atoms with Crippen molar-refractivity contribution in [2.75, 3.05) is 13.2 Å². The average molecular weight is 345 g/mol. The molecule has 0 saturated heterocycles. The molecule has 0 fully saturated rings. The Morgan fingerprint density at radius 2 is 2.21 bits per heavy atom. The van der Waals surface area contributed by atoms with Gasteiger partial charge in [0.1, 0.15) is 17.2 Å². The van der Waals surface area contributed by atoms with Gasteiger partial charge < -0.3 is 15.2 Å². The normalized spacial score (nSPS) is 11.0. The van der Waals surface area contributed by atoms with Crippen LogP contribution in [-0.2, 0) is 13.6 Å². The zero-order valence-electron chi connectivity index (χ0n) is 13.6. The van der Waals surface area contributed by atoms with Crippen LogP contribution in [0.25, 0.3) is 10.2 Å². The van der Waals surface area contributed by atoms with Gasteiger partial charge in [-0.15, -0.1) is 11.3 Å². The van der Waals surface area contributed by atoms with E-state index >= 15 is 0 Å². The van der Waals surface area contributed by atoms with Crippen LogP contribution in [0.15, 0.2) is 30.3 Å². The molecule has 24 heavy (non-hydrogen) atoms. The van der Waals surface area contributed by atoms with E-state index in [9.17, 15) is 4.79 Å². The Morgan fingerprint density at radius 1 is 1.42 bits per heavy atom. The number of amides is 1. The highest BCUT2D eigenvalue weighted by molar-refractivity contribution is 7.20. The van der Waals surface area contributed by atoms with Crippen LogP contribution in [0.2, 0.25) is 0 Å². The zero-order valence-corrected chi connectivity index (χ0v) is 14.4. The molecule has 1 amide bonds. The summed E-state index contributed by atoms with van der Waals surface area (Å²) in [4.78, 5) is 14.1. The Morgan fingerprint density at radius 3 is 2.96 bits per heavy atom. The maximum atomic E-state index is 12.4. The molecule has 0 saturated carbocycles. The number of para-hydroxylation sites is 1. The number of thiophene rings is 1. The highest BCUT2D eigenvalue weighted by atomic mass is 32.1. The first-order valence-corrected chi connectivity index (χ1v) is 8.44. The van der Waals surface area contributed by atoms with Gasteiger partial charge in [0.05, 0.1) is 17.2 Å². The molecular formula is C17H19N3O3S. The van der Waals surface area contributed by atoms with Crippen molar-refractivity contribution in [2.45, 2.75) is 13.5 Å². The van der Waals surface area contributed by atoms with Crippen molar-refractivity contribution in [3.8, 4) is 5.75 Å². The molecule has 7 heteroatoms. The van der Waals surface area contributed by atoms with E-state index in [0.717, 1.165) is 21.5 Å². The predicted octanol–water partition coefficient (Wildman–Crippen LogP) is 2.24. The number of nitrogens with zero attached hydrogens (tertiary/aromatic N) is 2. The first kappa shape index (κ1) is 16.5. The van der Waals surface area contributed by atoms with Gasteiger partial charge in [0.15, 0.2) is 0 Å². The number of nitrogens with one attached hydrogen (secondary N) is 1. The lowest BCUT2D eigenvalue weighted by atomic mass is 10.2. The molecule has 0 atom stereocenters. The van der Waals surface area contributed by atoms with Crippen LogP contribution in [0.4, 0.5) is 0 Å². The quantitative estimate of drug-likeness (QED) is 0.718. The number of aliphatic hydroxyl groups is 1.